The molecule has 1 aromatic rings. The van der Waals surface area contributed by atoms with Crippen molar-refractivity contribution in [2.45, 2.75) is 26.3 Å². The zero-order valence-electron chi connectivity index (χ0n) is 11.0. The topological polar surface area (TPSA) is 58.6 Å². The van der Waals surface area contributed by atoms with Crippen LogP contribution < -0.4 is 10.1 Å². The summed E-state index contributed by atoms with van der Waals surface area (Å²) >= 11 is 0. The number of carbonyl (C=O) groups is 1. The smallest absolute Gasteiger partial charge is 0.220 e. The molecule has 100 valence electrons. The minimum atomic E-state index is 0.0202. The van der Waals surface area contributed by atoms with Gasteiger partial charge in [0, 0.05) is 19.6 Å². The lowest BCUT2D eigenvalue weighted by Crippen LogP contribution is -2.24. The minimum absolute atomic E-state index is 0.0202. The van der Waals surface area contributed by atoms with Crippen LogP contribution in [-0.2, 0) is 11.3 Å². The fourth-order valence-corrected chi connectivity index (χ4v) is 1.66. The molecule has 0 heterocycles. The summed E-state index contributed by atoms with van der Waals surface area (Å²) in [5.41, 5.74) is 1.04. The van der Waals surface area contributed by atoms with Gasteiger partial charge in [0.15, 0.2) is 0 Å². The van der Waals surface area contributed by atoms with E-state index in [0.717, 1.165) is 11.3 Å². The summed E-state index contributed by atoms with van der Waals surface area (Å²) in [6, 6.07) is 7.60. The fraction of sp³-hybridized carbons (Fsp3) is 0.500. The van der Waals surface area contributed by atoms with Crippen molar-refractivity contribution in [3.8, 4) is 5.75 Å². The molecule has 0 aliphatic heterocycles. The van der Waals surface area contributed by atoms with Crippen LogP contribution in [0.25, 0.3) is 0 Å². The Hall–Kier alpha value is -1.55. The van der Waals surface area contributed by atoms with Gasteiger partial charge in [0.25, 0.3) is 0 Å². The van der Waals surface area contributed by atoms with Crippen molar-refractivity contribution >= 4 is 5.91 Å². The third kappa shape index (κ3) is 5.19. The predicted octanol–water partition coefficient (Wildman–Crippen LogP) is 1.72. The Balaban J connectivity index is 2.33. The molecule has 18 heavy (non-hydrogen) atoms. The van der Waals surface area contributed by atoms with E-state index >= 15 is 0 Å². The summed E-state index contributed by atoms with van der Waals surface area (Å²) in [5.74, 6) is 1.04. The van der Waals surface area contributed by atoms with Crippen LogP contribution in [0.15, 0.2) is 24.3 Å². The van der Waals surface area contributed by atoms with E-state index in [0.29, 0.717) is 19.4 Å². The molecule has 1 amide bonds. The molecule has 2 N–H and O–H groups in total. The number of hydrogen-bond acceptors (Lipinski definition) is 3. The molecule has 0 spiro atoms. The standard InChI is InChI=1S/C14H21NO3/c1-11(7-8-16)9-14(17)15-10-12-3-5-13(18-2)6-4-12/h3-6,11,16H,7-10H2,1-2H3,(H,15,17)/t11-/m1/s1. The number of aliphatic hydroxyl groups is 1. The Morgan fingerprint density at radius 3 is 2.61 bits per heavy atom. The molecule has 4 nitrogen and oxygen atoms in total. The number of benzene rings is 1. The Morgan fingerprint density at radius 1 is 1.39 bits per heavy atom. The molecule has 0 radical (unpaired) electrons. The molecule has 4 heteroatoms. The van der Waals surface area contributed by atoms with Gasteiger partial charge in [-0.25, -0.2) is 0 Å². The van der Waals surface area contributed by atoms with Gasteiger partial charge in [0.2, 0.25) is 5.91 Å². The van der Waals surface area contributed by atoms with E-state index < -0.39 is 0 Å². The van der Waals surface area contributed by atoms with E-state index in [2.05, 4.69) is 5.32 Å². The largest absolute Gasteiger partial charge is 0.497 e. The maximum Gasteiger partial charge on any atom is 0.220 e. The van der Waals surface area contributed by atoms with E-state index in [1.54, 1.807) is 7.11 Å². The highest BCUT2D eigenvalue weighted by atomic mass is 16.5. The summed E-state index contributed by atoms with van der Waals surface area (Å²) in [6.07, 6.45) is 1.12. The van der Waals surface area contributed by atoms with Crippen molar-refractivity contribution in [3.05, 3.63) is 29.8 Å². The van der Waals surface area contributed by atoms with Crippen LogP contribution in [0.1, 0.15) is 25.3 Å². The molecule has 0 saturated carbocycles. The molecule has 1 rings (SSSR count). The van der Waals surface area contributed by atoms with Gasteiger partial charge < -0.3 is 15.2 Å². The molecule has 1 atom stereocenters. The maximum absolute atomic E-state index is 11.6. The quantitative estimate of drug-likeness (QED) is 0.775. The van der Waals surface area contributed by atoms with Crippen LogP contribution in [0, 0.1) is 5.92 Å². The number of methoxy groups -OCH3 is 1. The van der Waals surface area contributed by atoms with E-state index in [1.807, 2.05) is 31.2 Å². The van der Waals surface area contributed by atoms with Gasteiger partial charge in [-0.15, -0.1) is 0 Å². The first-order valence-corrected chi connectivity index (χ1v) is 6.16. The Bertz CT molecular complexity index is 362. The van der Waals surface area contributed by atoms with Crippen molar-refractivity contribution in [3.63, 3.8) is 0 Å². The van der Waals surface area contributed by atoms with Crippen molar-refractivity contribution < 1.29 is 14.6 Å². The first-order chi connectivity index (χ1) is 8.65. The van der Waals surface area contributed by atoms with Gasteiger partial charge >= 0.3 is 0 Å². The SMILES string of the molecule is COc1ccc(CNC(=O)C[C@H](C)CCO)cc1. The molecule has 0 fully saturated rings. The summed E-state index contributed by atoms with van der Waals surface area (Å²) in [6.45, 7) is 2.62. The number of ether oxygens (including phenoxy) is 1. The molecular weight excluding hydrogens is 230 g/mol. The molecular formula is C14H21NO3. The van der Waals surface area contributed by atoms with Crippen LogP contribution >= 0.6 is 0 Å². The number of aliphatic hydroxyl groups excluding tert-OH is 1. The second-order valence-electron chi connectivity index (χ2n) is 4.45. The van der Waals surface area contributed by atoms with Crippen LogP contribution in [0.5, 0.6) is 5.75 Å². The summed E-state index contributed by atoms with van der Waals surface area (Å²) in [7, 11) is 1.62. The maximum atomic E-state index is 11.6. The zero-order chi connectivity index (χ0) is 13.4. The second kappa shape index (κ2) is 7.71. The average molecular weight is 251 g/mol. The van der Waals surface area contributed by atoms with E-state index in [4.69, 9.17) is 9.84 Å². The monoisotopic (exact) mass is 251 g/mol. The van der Waals surface area contributed by atoms with Crippen LogP contribution in [0.4, 0.5) is 0 Å². The van der Waals surface area contributed by atoms with E-state index in [9.17, 15) is 4.79 Å². The normalized spacial score (nSPS) is 11.9. The lowest BCUT2D eigenvalue weighted by atomic mass is 10.0. The number of hydrogen-bond donors (Lipinski definition) is 2. The lowest BCUT2D eigenvalue weighted by molar-refractivity contribution is -0.122. The Labute approximate surface area is 108 Å². The number of rotatable bonds is 7. The molecule has 0 bridgehead atoms. The second-order valence-corrected chi connectivity index (χ2v) is 4.45. The summed E-state index contributed by atoms with van der Waals surface area (Å²) in [5, 5.41) is 11.6. The van der Waals surface area contributed by atoms with Crippen molar-refractivity contribution in [1.29, 1.82) is 0 Å². The molecule has 0 unspecified atom stereocenters. The molecule has 0 saturated heterocycles. The fourth-order valence-electron chi connectivity index (χ4n) is 1.66. The highest BCUT2D eigenvalue weighted by Crippen LogP contribution is 2.11. The van der Waals surface area contributed by atoms with Gasteiger partial charge in [0.1, 0.15) is 5.75 Å². The van der Waals surface area contributed by atoms with Crippen LogP contribution in [0.3, 0.4) is 0 Å². The van der Waals surface area contributed by atoms with Crippen molar-refractivity contribution in [1.82, 2.24) is 5.32 Å². The molecule has 0 aliphatic carbocycles. The van der Waals surface area contributed by atoms with E-state index in [-0.39, 0.29) is 18.4 Å². The van der Waals surface area contributed by atoms with Gasteiger partial charge in [-0.2, -0.15) is 0 Å². The van der Waals surface area contributed by atoms with E-state index in [1.165, 1.54) is 0 Å². The Kier molecular flexibility index (Phi) is 6.22. The highest BCUT2D eigenvalue weighted by Gasteiger charge is 2.08. The number of amides is 1. The first kappa shape index (κ1) is 14.5. The van der Waals surface area contributed by atoms with Crippen LogP contribution in [0.2, 0.25) is 0 Å². The van der Waals surface area contributed by atoms with Gasteiger partial charge in [-0.05, 0) is 30.0 Å². The number of carbonyl (C=O) groups excluding carboxylic acids is 1. The lowest BCUT2D eigenvalue weighted by Gasteiger charge is -2.10. The van der Waals surface area contributed by atoms with Crippen molar-refractivity contribution in [2.75, 3.05) is 13.7 Å². The van der Waals surface area contributed by atoms with Gasteiger partial charge in [-0.3, -0.25) is 4.79 Å². The third-order valence-electron chi connectivity index (χ3n) is 2.80. The van der Waals surface area contributed by atoms with Gasteiger partial charge in [-0.1, -0.05) is 19.1 Å². The summed E-state index contributed by atoms with van der Waals surface area (Å²) < 4.78 is 5.06. The zero-order valence-corrected chi connectivity index (χ0v) is 11.0. The predicted molar refractivity (Wildman–Crippen MR) is 70.3 cm³/mol. The summed E-state index contributed by atoms with van der Waals surface area (Å²) in [4.78, 5) is 11.6. The molecule has 0 aromatic heterocycles. The van der Waals surface area contributed by atoms with Crippen molar-refractivity contribution in [2.24, 2.45) is 5.92 Å². The number of nitrogens with one attached hydrogen (secondary N) is 1. The Morgan fingerprint density at radius 2 is 2.06 bits per heavy atom. The molecule has 1 aromatic carbocycles. The van der Waals surface area contributed by atoms with Gasteiger partial charge in [0.05, 0.1) is 7.11 Å². The van der Waals surface area contributed by atoms with Crippen LogP contribution in [-0.4, -0.2) is 24.7 Å². The first-order valence-electron chi connectivity index (χ1n) is 6.16. The third-order valence-corrected chi connectivity index (χ3v) is 2.80. The average Bonchev–Trinajstić information content (AvgIpc) is 2.37. The molecule has 0 aliphatic rings. The minimum Gasteiger partial charge on any atom is -0.497 e. The highest BCUT2D eigenvalue weighted by molar-refractivity contribution is 5.76.